The topological polar surface area (TPSA) is 113 Å². The highest BCUT2D eigenvalue weighted by atomic mass is 16.1. The zero-order valence-corrected chi connectivity index (χ0v) is 9.97. The minimum absolute atomic E-state index is 0. The van der Waals surface area contributed by atoms with Crippen molar-refractivity contribution in [1.82, 2.24) is 0 Å². The molecular weight excluding hydrogens is 230 g/mol. The first kappa shape index (κ1) is 13.7. The van der Waals surface area contributed by atoms with E-state index in [2.05, 4.69) is 4.99 Å². The monoisotopic (exact) mass is 245 g/mol. The molecule has 1 aliphatic carbocycles. The molecule has 0 spiro atoms. The third-order valence-electron chi connectivity index (χ3n) is 2.50. The number of nitrogens with two attached hydrogens (primary N) is 2. The molecule has 0 aromatic heterocycles. The minimum atomic E-state index is -0.0367. The number of carbonyl (C=O) groups excluding carboxylic acids is 1. The lowest BCUT2D eigenvalue weighted by molar-refractivity contribution is -0.110. The largest absolute Gasteiger partial charge is 0.412 e. The van der Waals surface area contributed by atoms with Gasteiger partial charge in [0.25, 0.3) is 0 Å². The van der Waals surface area contributed by atoms with E-state index in [0.29, 0.717) is 22.8 Å². The van der Waals surface area contributed by atoms with Gasteiger partial charge in [-0.3, -0.25) is 4.79 Å². The van der Waals surface area contributed by atoms with Crippen molar-refractivity contribution in [3.63, 3.8) is 0 Å². The Bertz CT molecular complexity index is 554. The number of ketones is 1. The second-order valence-corrected chi connectivity index (χ2v) is 3.87. The first-order valence-electron chi connectivity index (χ1n) is 5.20. The molecule has 0 aliphatic heterocycles. The average molecular weight is 245 g/mol. The van der Waals surface area contributed by atoms with Crippen LogP contribution in [0.3, 0.4) is 0 Å². The van der Waals surface area contributed by atoms with Crippen molar-refractivity contribution in [2.24, 2.45) is 4.99 Å². The van der Waals surface area contributed by atoms with Gasteiger partial charge in [0.2, 0.25) is 0 Å². The number of anilines is 2. The van der Waals surface area contributed by atoms with E-state index in [-0.39, 0.29) is 11.3 Å². The molecule has 0 bridgehead atoms. The first-order chi connectivity index (χ1) is 8.06. The van der Waals surface area contributed by atoms with Crippen LogP contribution in [0, 0.1) is 6.92 Å². The maximum atomic E-state index is 11.0. The number of aliphatic imine (C=N–C) groups is 1. The Morgan fingerprint density at radius 2 is 1.61 bits per heavy atom. The van der Waals surface area contributed by atoms with Crippen molar-refractivity contribution >= 4 is 28.6 Å². The standard InChI is InChI=1S/C13H13N3O.H2O/c1-8-6-13(12(15)7-11(8)14)16-9-2-4-10(17)5-3-9;/h2-7H,14-15H2,1H3;1H2. The second kappa shape index (κ2) is 5.29. The van der Waals surface area contributed by atoms with Crippen molar-refractivity contribution in [3.8, 4) is 0 Å². The van der Waals surface area contributed by atoms with Crippen LogP contribution < -0.4 is 11.5 Å². The van der Waals surface area contributed by atoms with Crippen LogP contribution in [0.1, 0.15) is 5.56 Å². The molecule has 0 heterocycles. The number of hydrogen-bond donors (Lipinski definition) is 2. The van der Waals surface area contributed by atoms with E-state index in [1.165, 1.54) is 12.2 Å². The highest BCUT2D eigenvalue weighted by Crippen LogP contribution is 2.28. The van der Waals surface area contributed by atoms with E-state index in [0.717, 1.165) is 5.56 Å². The van der Waals surface area contributed by atoms with E-state index in [9.17, 15) is 4.79 Å². The lowest BCUT2D eigenvalue weighted by Crippen LogP contribution is -1.99. The van der Waals surface area contributed by atoms with Crippen molar-refractivity contribution in [2.45, 2.75) is 6.92 Å². The Morgan fingerprint density at radius 1 is 1.00 bits per heavy atom. The smallest absolute Gasteiger partial charge is 0.178 e. The van der Waals surface area contributed by atoms with Crippen molar-refractivity contribution in [3.05, 3.63) is 42.0 Å². The van der Waals surface area contributed by atoms with Gasteiger partial charge in [-0.1, -0.05) is 0 Å². The van der Waals surface area contributed by atoms with E-state index >= 15 is 0 Å². The third kappa shape index (κ3) is 2.83. The summed E-state index contributed by atoms with van der Waals surface area (Å²) in [4.78, 5) is 15.3. The summed E-state index contributed by atoms with van der Waals surface area (Å²) in [5.41, 5.74) is 15.0. The van der Waals surface area contributed by atoms with Crippen LogP contribution >= 0.6 is 0 Å². The van der Waals surface area contributed by atoms with Crippen LogP contribution in [0.2, 0.25) is 0 Å². The Hall–Kier alpha value is -2.40. The lowest BCUT2D eigenvalue weighted by atomic mass is 10.1. The normalized spacial score (nSPS) is 13.4. The van der Waals surface area contributed by atoms with Crippen LogP contribution in [0.15, 0.2) is 41.4 Å². The van der Waals surface area contributed by atoms with Gasteiger partial charge in [-0.25, -0.2) is 4.99 Å². The number of hydrogen-bond acceptors (Lipinski definition) is 4. The fourth-order valence-corrected chi connectivity index (χ4v) is 1.48. The highest BCUT2D eigenvalue weighted by Gasteiger charge is 2.04. The first-order valence-corrected chi connectivity index (χ1v) is 5.20. The van der Waals surface area contributed by atoms with Crippen LogP contribution in [-0.2, 0) is 4.79 Å². The summed E-state index contributed by atoms with van der Waals surface area (Å²) in [5.74, 6) is -0.0367. The number of benzene rings is 1. The number of rotatable bonds is 1. The second-order valence-electron chi connectivity index (χ2n) is 3.87. The van der Waals surface area contributed by atoms with Gasteiger partial charge in [-0.15, -0.1) is 0 Å². The van der Waals surface area contributed by atoms with Gasteiger partial charge >= 0.3 is 0 Å². The number of carbonyl (C=O) groups is 1. The molecule has 1 aliphatic rings. The molecule has 0 fully saturated rings. The molecule has 0 amide bonds. The molecule has 0 atom stereocenters. The van der Waals surface area contributed by atoms with Gasteiger partial charge in [0.1, 0.15) is 0 Å². The molecule has 5 heteroatoms. The number of aryl methyl sites for hydroxylation is 1. The van der Waals surface area contributed by atoms with Gasteiger partial charge in [0.05, 0.1) is 17.1 Å². The fourth-order valence-electron chi connectivity index (χ4n) is 1.48. The number of allylic oxidation sites excluding steroid dienone is 4. The van der Waals surface area contributed by atoms with Gasteiger partial charge in [-0.2, -0.15) is 0 Å². The van der Waals surface area contributed by atoms with Crippen LogP contribution in [-0.4, -0.2) is 17.0 Å². The van der Waals surface area contributed by atoms with Gasteiger partial charge in [0, 0.05) is 5.69 Å². The molecular formula is C13H15N3O2. The summed E-state index contributed by atoms with van der Waals surface area (Å²) in [6.45, 7) is 1.90. The summed E-state index contributed by atoms with van der Waals surface area (Å²) in [6.07, 6.45) is 6.26. The molecule has 0 unspecified atom stereocenters. The summed E-state index contributed by atoms with van der Waals surface area (Å²) >= 11 is 0. The SMILES string of the molecule is Cc1cc(N=C2C=CC(=O)C=C2)c(N)cc1N.O. The van der Waals surface area contributed by atoms with Crippen molar-refractivity contribution in [1.29, 1.82) is 0 Å². The Kier molecular flexibility index (Phi) is 4.01. The van der Waals surface area contributed by atoms with Crippen molar-refractivity contribution in [2.75, 3.05) is 11.5 Å². The molecule has 1 aromatic rings. The zero-order valence-electron chi connectivity index (χ0n) is 9.97. The molecule has 0 saturated carbocycles. The molecule has 6 N–H and O–H groups in total. The Morgan fingerprint density at radius 3 is 2.22 bits per heavy atom. The fraction of sp³-hybridized carbons (Fsp3) is 0.0769. The number of nitrogen functional groups attached to an aromatic ring is 2. The van der Waals surface area contributed by atoms with Crippen molar-refractivity contribution < 1.29 is 10.3 Å². The molecule has 94 valence electrons. The molecule has 0 saturated heterocycles. The maximum absolute atomic E-state index is 11.0. The predicted molar refractivity (Wildman–Crippen MR) is 74.0 cm³/mol. The minimum Gasteiger partial charge on any atom is -0.412 e. The van der Waals surface area contributed by atoms with Crippen LogP contribution in [0.5, 0.6) is 0 Å². The Balaban J connectivity index is 0.00000162. The summed E-state index contributed by atoms with van der Waals surface area (Å²) < 4.78 is 0. The maximum Gasteiger partial charge on any atom is 0.178 e. The van der Waals surface area contributed by atoms with E-state index in [4.69, 9.17) is 11.5 Å². The Labute approximate surface area is 105 Å². The van der Waals surface area contributed by atoms with Gasteiger partial charge in [0.15, 0.2) is 5.78 Å². The number of nitrogens with zero attached hydrogens (tertiary/aromatic N) is 1. The molecule has 18 heavy (non-hydrogen) atoms. The highest BCUT2D eigenvalue weighted by molar-refractivity contribution is 6.17. The molecule has 2 rings (SSSR count). The summed E-state index contributed by atoms with van der Waals surface area (Å²) in [6, 6.07) is 3.52. The lowest BCUT2D eigenvalue weighted by Gasteiger charge is -2.06. The van der Waals surface area contributed by atoms with Crippen LogP contribution in [0.4, 0.5) is 17.1 Å². The third-order valence-corrected chi connectivity index (χ3v) is 2.50. The van der Waals surface area contributed by atoms with E-state index < -0.39 is 0 Å². The quantitative estimate of drug-likeness (QED) is 0.570. The zero-order chi connectivity index (χ0) is 12.4. The van der Waals surface area contributed by atoms with E-state index in [1.54, 1.807) is 18.2 Å². The van der Waals surface area contributed by atoms with E-state index in [1.807, 2.05) is 13.0 Å². The molecule has 0 radical (unpaired) electrons. The summed E-state index contributed by atoms with van der Waals surface area (Å²) in [5, 5.41) is 0. The summed E-state index contributed by atoms with van der Waals surface area (Å²) in [7, 11) is 0. The van der Waals surface area contributed by atoms with Gasteiger partial charge in [-0.05, 0) is 48.9 Å². The molecule has 5 nitrogen and oxygen atoms in total. The predicted octanol–water partition coefficient (Wildman–Crippen LogP) is 1.10. The average Bonchev–Trinajstić information content (AvgIpc) is 2.29. The van der Waals surface area contributed by atoms with Gasteiger partial charge < -0.3 is 16.9 Å². The molecule has 1 aromatic carbocycles. The van der Waals surface area contributed by atoms with Crippen LogP contribution in [0.25, 0.3) is 0 Å².